The van der Waals surface area contributed by atoms with E-state index in [1.807, 2.05) is 12.3 Å². The molecule has 2 N–H and O–H groups in total. The van der Waals surface area contributed by atoms with Crippen LogP contribution in [-0.2, 0) is 11.2 Å². The molecular formula is C13H15N3O3S. The number of hydrogen-bond acceptors (Lipinski definition) is 5. The first-order valence-corrected chi connectivity index (χ1v) is 7.13. The molecule has 0 aliphatic rings. The normalized spacial score (nSPS) is 10.2. The third-order valence-electron chi connectivity index (χ3n) is 2.50. The summed E-state index contributed by atoms with van der Waals surface area (Å²) in [6.45, 7) is 2.50. The summed E-state index contributed by atoms with van der Waals surface area (Å²) in [6.07, 6.45) is 2.39. The van der Waals surface area contributed by atoms with Gasteiger partial charge in [-0.3, -0.25) is 14.9 Å². The van der Waals surface area contributed by atoms with Gasteiger partial charge in [0.05, 0.1) is 12.0 Å². The lowest BCUT2D eigenvalue weighted by Gasteiger charge is -2.00. The van der Waals surface area contributed by atoms with Gasteiger partial charge in [-0.2, -0.15) is 0 Å². The van der Waals surface area contributed by atoms with E-state index in [2.05, 4.69) is 15.6 Å². The van der Waals surface area contributed by atoms with Crippen molar-refractivity contribution in [1.29, 1.82) is 0 Å². The van der Waals surface area contributed by atoms with Crippen LogP contribution in [0.15, 0.2) is 28.2 Å². The third-order valence-corrected chi connectivity index (χ3v) is 3.31. The summed E-state index contributed by atoms with van der Waals surface area (Å²) in [5.74, 6) is -0.0922. The molecule has 106 valence electrons. The van der Waals surface area contributed by atoms with E-state index in [0.717, 1.165) is 5.69 Å². The van der Waals surface area contributed by atoms with Crippen LogP contribution in [0.5, 0.6) is 0 Å². The Balaban J connectivity index is 1.86. The number of hydrogen-bond donors (Lipinski definition) is 2. The molecule has 20 heavy (non-hydrogen) atoms. The zero-order valence-electron chi connectivity index (χ0n) is 11.0. The lowest BCUT2D eigenvalue weighted by molar-refractivity contribution is -0.120. The molecule has 0 bridgehead atoms. The Morgan fingerprint density at radius 1 is 1.45 bits per heavy atom. The minimum absolute atomic E-state index is 0.00155. The maximum Gasteiger partial charge on any atom is 0.293 e. The van der Waals surface area contributed by atoms with Crippen LogP contribution >= 0.6 is 11.3 Å². The Morgan fingerprint density at radius 3 is 3.00 bits per heavy atom. The van der Waals surface area contributed by atoms with Crippen molar-refractivity contribution in [2.24, 2.45) is 0 Å². The van der Waals surface area contributed by atoms with Gasteiger partial charge < -0.3 is 9.73 Å². The number of carbonyl (C=O) groups is 2. The molecule has 0 radical (unpaired) electrons. The number of nitrogens with zero attached hydrogens (tertiary/aromatic N) is 1. The summed E-state index contributed by atoms with van der Waals surface area (Å²) in [6, 6.07) is 3.23. The highest BCUT2D eigenvalue weighted by molar-refractivity contribution is 7.13. The van der Waals surface area contributed by atoms with E-state index in [0.29, 0.717) is 24.5 Å². The van der Waals surface area contributed by atoms with Gasteiger partial charge in [-0.25, -0.2) is 4.98 Å². The molecule has 6 nitrogen and oxygen atoms in total. The van der Waals surface area contributed by atoms with E-state index in [1.165, 1.54) is 17.6 Å². The quantitative estimate of drug-likeness (QED) is 0.853. The summed E-state index contributed by atoms with van der Waals surface area (Å²) in [7, 11) is 0. The summed E-state index contributed by atoms with van der Waals surface area (Å²) in [4.78, 5) is 27.3. The molecule has 0 saturated heterocycles. The molecule has 0 aromatic carbocycles. The zero-order valence-corrected chi connectivity index (χ0v) is 11.8. The monoisotopic (exact) mass is 293 g/mol. The molecular weight excluding hydrogens is 278 g/mol. The number of carbonyl (C=O) groups excluding carboxylic acids is 2. The summed E-state index contributed by atoms with van der Waals surface area (Å²) >= 11 is 1.32. The largest absolute Gasteiger partial charge is 0.459 e. The lowest BCUT2D eigenvalue weighted by atomic mass is 10.2. The second-order valence-electron chi connectivity index (χ2n) is 4.03. The second-order valence-corrected chi connectivity index (χ2v) is 4.89. The minimum Gasteiger partial charge on any atom is -0.459 e. The molecule has 0 aliphatic carbocycles. The standard InChI is InChI=1S/C13H15N3O3S/c1-2-14-11(17)6-5-9-8-20-13(15-9)16-12(18)10-4-3-7-19-10/h3-4,7-8H,2,5-6H2,1H3,(H,14,17)(H,15,16,18). The van der Waals surface area contributed by atoms with Crippen LogP contribution in [0.1, 0.15) is 29.6 Å². The maximum atomic E-state index is 11.7. The van der Waals surface area contributed by atoms with Gasteiger partial charge in [0.2, 0.25) is 5.91 Å². The van der Waals surface area contributed by atoms with Gasteiger partial charge in [0.1, 0.15) is 0 Å². The average Bonchev–Trinajstić information content (AvgIpc) is 3.08. The molecule has 2 heterocycles. The number of anilines is 1. The number of nitrogens with one attached hydrogen (secondary N) is 2. The van der Waals surface area contributed by atoms with Crippen molar-refractivity contribution in [2.75, 3.05) is 11.9 Å². The predicted molar refractivity (Wildman–Crippen MR) is 75.8 cm³/mol. The zero-order chi connectivity index (χ0) is 14.4. The molecule has 0 fully saturated rings. The molecule has 0 spiro atoms. The minimum atomic E-state index is -0.334. The lowest BCUT2D eigenvalue weighted by Crippen LogP contribution is -2.22. The van der Waals surface area contributed by atoms with Gasteiger partial charge in [-0.1, -0.05) is 0 Å². The van der Waals surface area contributed by atoms with Crippen LogP contribution < -0.4 is 10.6 Å². The fourth-order valence-corrected chi connectivity index (χ4v) is 2.31. The highest BCUT2D eigenvalue weighted by Gasteiger charge is 2.11. The van der Waals surface area contributed by atoms with Crippen LogP contribution in [-0.4, -0.2) is 23.3 Å². The van der Waals surface area contributed by atoms with Gasteiger partial charge in [-0.05, 0) is 25.5 Å². The van der Waals surface area contributed by atoms with Crippen molar-refractivity contribution in [1.82, 2.24) is 10.3 Å². The first-order valence-electron chi connectivity index (χ1n) is 6.25. The smallest absolute Gasteiger partial charge is 0.293 e. The van der Waals surface area contributed by atoms with Crippen molar-refractivity contribution in [3.8, 4) is 0 Å². The van der Waals surface area contributed by atoms with Crippen molar-refractivity contribution in [2.45, 2.75) is 19.8 Å². The second kappa shape index (κ2) is 6.85. The molecule has 0 aliphatic heterocycles. The molecule has 0 saturated carbocycles. The van der Waals surface area contributed by atoms with Crippen LogP contribution in [0, 0.1) is 0 Å². The molecule has 2 aromatic rings. The van der Waals surface area contributed by atoms with Crippen molar-refractivity contribution in [3.05, 3.63) is 35.2 Å². The summed E-state index contributed by atoms with van der Waals surface area (Å²) in [5, 5.41) is 7.71. The van der Waals surface area contributed by atoms with E-state index in [-0.39, 0.29) is 17.6 Å². The molecule has 2 amide bonds. The van der Waals surface area contributed by atoms with Crippen LogP contribution in [0.3, 0.4) is 0 Å². The van der Waals surface area contributed by atoms with Crippen LogP contribution in [0.4, 0.5) is 5.13 Å². The van der Waals surface area contributed by atoms with Gasteiger partial charge in [0.25, 0.3) is 5.91 Å². The van der Waals surface area contributed by atoms with E-state index < -0.39 is 0 Å². The van der Waals surface area contributed by atoms with Crippen LogP contribution in [0.2, 0.25) is 0 Å². The SMILES string of the molecule is CCNC(=O)CCc1csc(NC(=O)c2ccco2)n1. The highest BCUT2D eigenvalue weighted by Crippen LogP contribution is 2.17. The number of furan rings is 1. The predicted octanol–water partition coefficient (Wildman–Crippen LogP) is 2.06. The third kappa shape index (κ3) is 3.92. The topological polar surface area (TPSA) is 84.2 Å². The van der Waals surface area contributed by atoms with Crippen molar-refractivity contribution in [3.63, 3.8) is 0 Å². The number of aromatic nitrogens is 1. The highest BCUT2D eigenvalue weighted by atomic mass is 32.1. The molecule has 0 atom stereocenters. The fraction of sp³-hybridized carbons (Fsp3) is 0.308. The first-order chi connectivity index (χ1) is 9.69. The molecule has 7 heteroatoms. The summed E-state index contributed by atoms with van der Waals surface area (Å²) in [5.41, 5.74) is 0.788. The fourth-order valence-electron chi connectivity index (χ4n) is 1.57. The van der Waals surface area contributed by atoms with Gasteiger partial charge in [-0.15, -0.1) is 11.3 Å². The number of amides is 2. The Bertz CT molecular complexity index is 577. The van der Waals surface area contributed by atoms with Crippen LogP contribution in [0.25, 0.3) is 0 Å². The Labute approximate surface area is 120 Å². The molecule has 0 unspecified atom stereocenters. The average molecular weight is 293 g/mol. The van der Waals surface area contributed by atoms with Gasteiger partial charge in [0.15, 0.2) is 10.9 Å². The van der Waals surface area contributed by atoms with E-state index >= 15 is 0 Å². The Morgan fingerprint density at radius 2 is 2.30 bits per heavy atom. The van der Waals surface area contributed by atoms with Gasteiger partial charge in [0, 0.05) is 18.3 Å². The molecule has 2 rings (SSSR count). The van der Waals surface area contributed by atoms with Crippen molar-refractivity contribution >= 4 is 28.3 Å². The summed E-state index contributed by atoms with van der Waals surface area (Å²) < 4.78 is 4.99. The molecule has 2 aromatic heterocycles. The Hall–Kier alpha value is -2.15. The maximum absolute atomic E-state index is 11.7. The van der Waals surface area contributed by atoms with Gasteiger partial charge >= 0.3 is 0 Å². The number of rotatable bonds is 6. The van der Waals surface area contributed by atoms with E-state index in [9.17, 15) is 9.59 Å². The van der Waals surface area contributed by atoms with Crippen molar-refractivity contribution < 1.29 is 14.0 Å². The van der Waals surface area contributed by atoms with E-state index in [1.54, 1.807) is 12.1 Å². The van der Waals surface area contributed by atoms with E-state index in [4.69, 9.17) is 4.42 Å². The number of thiazole rings is 1. The number of aryl methyl sites for hydroxylation is 1. The first kappa shape index (κ1) is 14.3. The Kier molecular flexibility index (Phi) is 4.89.